The molecule has 3 nitrogen and oxygen atoms in total. The van der Waals surface area contributed by atoms with Gasteiger partial charge >= 0.3 is 0 Å². The maximum atomic E-state index is 12.1. The first-order valence-electron chi connectivity index (χ1n) is 5.86. The van der Waals surface area contributed by atoms with Gasteiger partial charge in [-0.1, -0.05) is 55.6 Å². The van der Waals surface area contributed by atoms with E-state index in [4.69, 9.17) is 11.6 Å². The number of nitrogens with one attached hydrogen (secondary N) is 1. The average molecular weight is 439 g/mol. The van der Waals surface area contributed by atoms with Gasteiger partial charge in [0.15, 0.2) is 0 Å². The zero-order chi connectivity index (χ0) is 14.7. The Labute approximate surface area is 143 Å². The van der Waals surface area contributed by atoms with E-state index in [1.54, 1.807) is 0 Å². The summed E-state index contributed by atoms with van der Waals surface area (Å²) in [6, 6.07) is 7.40. The smallest absolute Gasteiger partial charge is 0.263 e. The van der Waals surface area contributed by atoms with Gasteiger partial charge in [0, 0.05) is 17.1 Å². The molecule has 20 heavy (non-hydrogen) atoms. The first-order chi connectivity index (χ1) is 9.52. The van der Waals surface area contributed by atoms with Crippen LogP contribution in [-0.4, -0.2) is 17.4 Å². The quantitative estimate of drug-likeness (QED) is 0.683. The Hall–Kier alpha value is -0.430. The van der Waals surface area contributed by atoms with Crippen molar-refractivity contribution in [1.82, 2.24) is 10.3 Å². The largest absolute Gasteiger partial charge is 0.352 e. The van der Waals surface area contributed by atoms with E-state index in [0.717, 1.165) is 10.6 Å². The van der Waals surface area contributed by atoms with Crippen LogP contribution in [0, 0.1) is 0 Å². The lowest BCUT2D eigenvalue weighted by Crippen LogP contribution is -2.22. The Morgan fingerprint density at radius 2 is 2.05 bits per heavy atom. The molecule has 106 valence electrons. The van der Waals surface area contributed by atoms with Crippen LogP contribution in [0.15, 0.2) is 24.3 Å². The van der Waals surface area contributed by atoms with Crippen LogP contribution in [0.3, 0.4) is 0 Å². The van der Waals surface area contributed by atoms with Crippen LogP contribution in [0.1, 0.15) is 26.0 Å². The number of nitrogens with zero attached hydrogens (tertiary/aromatic N) is 1. The fraction of sp³-hybridized carbons (Fsp3) is 0.231. The summed E-state index contributed by atoms with van der Waals surface area (Å²) in [5, 5.41) is 4.27. The standard InChI is InChI=1S/C13H11Br2ClN2OS/c1-2-17-12(19)10-9(11(14)15)18-13(20-10)7-3-5-8(16)6-4-7/h3-6,11H,2H2,1H3,(H,17,19). The Morgan fingerprint density at radius 1 is 1.40 bits per heavy atom. The Morgan fingerprint density at radius 3 is 2.60 bits per heavy atom. The van der Waals surface area contributed by atoms with Crippen molar-refractivity contribution in [3.8, 4) is 10.6 Å². The zero-order valence-electron chi connectivity index (χ0n) is 10.5. The van der Waals surface area contributed by atoms with E-state index in [1.807, 2.05) is 31.2 Å². The summed E-state index contributed by atoms with van der Waals surface area (Å²) < 4.78 is -0.162. The number of rotatable bonds is 4. The highest BCUT2D eigenvalue weighted by atomic mass is 79.9. The highest BCUT2D eigenvalue weighted by molar-refractivity contribution is 9.24. The molecule has 0 saturated heterocycles. The molecule has 7 heteroatoms. The molecule has 0 aliphatic carbocycles. The van der Waals surface area contributed by atoms with E-state index in [9.17, 15) is 4.79 Å². The van der Waals surface area contributed by atoms with E-state index in [-0.39, 0.29) is 9.64 Å². The summed E-state index contributed by atoms with van der Waals surface area (Å²) in [5.41, 5.74) is 1.63. The summed E-state index contributed by atoms with van der Waals surface area (Å²) in [7, 11) is 0. The van der Waals surface area contributed by atoms with Crippen molar-refractivity contribution < 1.29 is 4.79 Å². The highest BCUT2D eigenvalue weighted by Gasteiger charge is 2.22. The molecule has 0 aliphatic rings. The topological polar surface area (TPSA) is 42.0 Å². The van der Waals surface area contributed by atoms with Crippen LogP contribution in [-0.2, 0) is 0 Å². The van der Waals surface area contributed by atoms with E-state index in [1.165, 1.54) is 11.3 Å². The number of thiazole rings is 1. The first kappa shape index (κ1) is 15.9. The second-order valence-electron chi connectivity index (χ2n) is 3.90. The Bertz CT molecular complexity index is 613. The molecule has 0 spiro atoms. The van der Waals surface area contributed by atoms with Gasteiger partial charge in [0.05, 0.1) is 5.69 Å². The predicted molar refractivity (Wildman–Crippen MR) is 91.2 cm³/mol. The third-order valence-electron chi connectivity index (χ3n) is 2.49. The maximum Gasteiger partial charge on any atom is 0.263 e. The van der Waals surface area contributed by atoms with Crippen molar-refractivity contribution >= 4 is 60.7 Å². The maximum absolute atomic E-state index is 12.1. The number of alkyl halides is 2. The lowest BCUT2D eigenvalue weighted by atomic mass is 10.2. The number of aromatic nitrogens is 1. The predicted octanol–water partition coefficient (Wildman–Crippen LogP) is 5.00. The molecular weight excluding hydrogens is 427 g/mol. The molecule has 1 heterocycles. The monoisotopic (exact) mass is 436 g/mol. The van der Waals surface area contributed by atoms with Crippen LogP contribution in [0.25, 0.3) is 10.6 Å². The summed E-state index contributed by atoms with van der Waals surface area (Å²) in [6.07, 6.45) is 0. The molecule has 1 aromatic carbocycles. The third-order valence-corrected chi connectivity index (χ3v) is 4.73. The van der Waals surface area contributed by atoms with Gasteiger partial charge in [0.25, 0.3) is 5.91 Å². The van der Waals surface area contributed by atoms with Crippen LogP contribution in [0.5, 0.6) is 0 Å². The zero-order valence-corrected chi connectivity index (χ0v) is 15.2. The van der Waals surface area contributed by atoms with E-state index in [0.29, 0.717) is 22.1 Å². The van der Waals surface area contributed by atoms with Crippen molar-refractivity contribution in [3.05, 3.63) is 39.9 Å². The van der Waals surface area contributed by atoms with Crippen molar-refractivity contribution in [2.24, 2.45) is 0 Å². The van der Waals surface area contributed by atoms with Gasteiger partial charge < -0.3 is 5.32 Å². The number of carbonyl (C=O) groups is 1. The molecule has 1 N–H and O–H groups in total. The molecule has 1 aromatic heterocycles. The van der Waals surface area contributed by atoms with Crippen molar-refractivity contribution in [2.45, 2.75) is 10.7 Å². The molecule has 0 radical (unpaired) electrons. The summed E-state index contributed by atoms with van der Waals surface area (Å²) in [4.78, 5) is 17.2. The minimum atomic E-state index is -0.162. The van der Waals surface area contributed by atoms with Gasteiger partial charge in [-0.25, -0.2) is 4.98 Å². The summed E-state index contributed by atoms with van der Waals surface area (Å²) in [6.45, 7) is 2.47. The molecule has 2 rings (SSSR count). The lowest BCUT2D eigenvalue weighted by molar-refractivity contribution is 0.0959. The average Bonchev–Trinajstić information content (AvgIpc) is 2.85. The fourth-order valence-corrected chi connectivity index (χ4v) is 3.72. The molecule has 0 unspecified atom stereocenters. The van der Waals surface area contributed by atoms with Crippen LogP contribution < -0.4 is 5.32 Å². The molecule has 1 amide bonds. The summed E-state index contributed by atoms with van der Waals surface area (Å²) >= 11 is 14.1. The van der Waals surface area contributed by atoms with Crippen molar-refractivity contribution in [3.63, 3.8) is 0 Å². The van der Waals surface area contributed by atoms with Gasteiger partial charge in [-0.2, -0.15) is 0 Å². The minimum absolute atomic E-state index is 0.107. The van der Waals surface area contributed by atoms with Gasteiger partial charge in [0.2, 0.25) is 0 Å². The molecule has 0 saturated carbocycles. The molecule has 2 aromatic rings. The molecule has 0 fully saturated rings. The Balaban J connectivity index is 2.43. The molecule has 0 atom stereocenters. The van der Waals surface area contributed by atoms with E-state index >= 15 is 0 Å². The van der Waals surface area contributed by atoms with Crippen molar-refractivity contribution in [2.75, 3.05) is 6.54 Å². The number of carbonyl (C=O) groups excluding carboxylic acids is 1. The fourth-order valence-electron chi connectivity index (χ4n) is 1.60. The molecule has 0 bridgehead atoms. The number of amides is 1. The normalized spacial score (nSPS) is 10.8. The number of hydrogen-bond donors (Lipinski definition) is 1. The summed E-state index contributed by atoms with van der Waals surface area (Å²) in [5.74, 6) is -0.107. The van der Waals surface area contributed by atoms with Gasteiger partial charge in [-0.05, 0) is 19.1 Å². The second-order valence-corrected chi connectivity index (χ2v) is 8.40. The first-order valence-corrected chi connectivity index (χ1v) is 8.88. The number of benzene rings is 1. The number of halogens is 3. The van der Waals surface area contributed by atoms with E-state index in [2.05, 4.69) is 42.2 Å². The molecule has 0 aliphatic heterocycles. The SMILES string of the molecule is CCNC(=O)c1sc(-c2ccc(Cl)cc2)nc1C(Br)Br. The number of hydrogen-bond acceptors (Lipinski definition) is 3. The van der Waals surface area contributed by atoms with Crippen LogP contribution in [0.2, 0.25) is 5.02 Å². The molecular formula is C13H11Br2ClN2OS. The lowest BCUT2D eigenvalue weighted by Gasteiger charge is -2.02. The second kappa shape index (κ2) is 7.02. The van der Waals surface area contributed by atoms with E-state index < -0.39 is 0 Å². The third kappa shape index (κ3) is 3.61. The highest BCUT2D eigenvalue weighted by Crippen LogP contribution is 2.37. The Kier molecular flexibility index (Phi) is 5.60. The van der Waals surface area contributed by atoms with Crippen molar-refractivity contribution in [1.29, 1.82) is 0 Å². The van der Waals surface area contributed by atoms with Crippen LogP contribution >= 0.6 is 54.8 Å². The van der Waals surface area contributed by atoms with Gasteiger partial charge in [-0.15, -0.1) is 11.3 Å². The van der Waals surface area contributed by atoms with Gasteiger partial charge in [0.1, 0.15) is 13.6 Å². The van der Waals surface area contributed by atoms with Crippen LogP contribution in [0.4, 0.5) is 0 Å². The van der Waals surface area contributed by atoms with Gasteiger partial charge in [-0.3, -0.25) is 4.79 Å². The minimum Gasteiger partial charge on any atom is -0.352 e.